The Labute approximate surface area is 89.0 Å². The maximum absolute atomic E-state index is 10.7. The van der Waals surface area contributed by atoms with Crippen LogP contribution >= 0.6 is 34.8 Å². The lowest BCUT2D eigenvalue weighted by Crippen LogP contribution is -2.04. The zero-order chi connectivity index (χ0) is 10.2. The highest BCUT2D eigenvalue weighted by Crippen LogP contribution is 2.35. The van der Waals surface area contributed by atoms with Crippen molar-refractivity contribution in [1.82, 2.24) is 0 Å². The van der Waals surface area contributed by atoms with Crippen molar-refractivity contribution in [2.45, 2.75) is 0 Å². The van der Waals surface area contributed by atoms with Gasteiger partial charge in [0.05, 0.1) is 20.8 Å². The van der Waals surface area contributed by atoms with E-state index in [1.54, 1.807) is 0 Å². The molecule has 1 rings (SSSR count). The molecule has 0 fully saturated rings. The van der Waals surface area contributed by atoms with E-state index in [9.17, 15) is 4.79 Å². The van der Waals surface area contributed by atoms with Crippen molar-refractivity contribution in [1.29, 1.82) is 0 Å². The molecular weight excluding hydrogens is 236 g/mol. The standard InChI is InChI=1S/C7H4Cl3NO2/c8-2-1-3(9)6(11)4(5(2)10)7(12)13/h1H,11H2,(H,12,13). The molecule has 0 aromatic heterocycles. The van der Waals surface area contributed by atoms with E-state index >= 15 is 0 Å². The number of hydrogen-bond donors (Lipinski definition) is 2. The monoisotopic (exact) mass is 239 g/mol. The van der Waals surface area contributed by atoms with Crippen LogP contribution in [-0.4, -0.2) is 11.1 Å². The Bertz CT molecular complexity index is 352. The summed E-state index contributed by atoms with van der Waals surface area (Å²) >= 11 is 16.8. The van der Waals surface area contributed by atoms with Crippen LogP contribution in [0.25, 0.3) is 0 Å². The third-order valence-corrected chi connectivity index (χ3v) is 2.52. The molecule has 1 aromatic carbocycles. The Morgan fingerprint density at radius 2 is 1.85 bits per heavy atom. The number of rotatable bonds is 1. The van der Waals surface area contributed by atoms with Gasteiger partial charge in [0.25, 0.3) is 0 Å². The van der Waals surface area contributed by atoms with Crippen LogP contribution in [0, 0.1) is 0 Å². The van der Waals surface area contributed by atoms with Crippen molar-refractivity contribution in [3.8, 4) is 0 Å². The molecule has 3 N–H and O–H groups in total. The smallest absolute Gasteiger partial charge is 0.339 e. The highest BCUT2D eigenvalue weighted by molar-refractivity contribution is 6.46. The molecule has 0 aliphatic carbocycles. The van der Waals surface area contributed by atoms with E-state index in [0.29, 0.717) is 0 Å². The number of hydrogen-bond acceptors (Lipinski definition) is 2. The van der Waals surface area contributed by atoms with E-state index in [-0.39, 0.29) is 26.3 Å². The summed E-state index contributed by atoms with van der Waals surface area (Å²) in [7, 11) is 0. The summed E-state index contributed by atoms with van der Waals surface area (Å²) in [5.41, 5.74) is 5.05. The molecule has 0 radical (unpaired) electrons. The average molecular weight is 240 g/mol. The van der Waals surface area contributed by atoms with Crippen LogP contribution in [-0.2, 0) is 0 Å². The van der Waals surface area contributed by atoms with Crippen LogP contribution < -0.4 is 5.73 Å². The van der Waals surface area contributed by atoms with Crippen molar-refractivity contribution >= 4 is 46.5 Å². The zero-order valence-electron chi connectivity index (χ0n) is 6.14. The lowest BCUT2D eigenvalue weighted by atomic mass is 10.2. The summed E-state index contributed by atoms with van der Waals surface area (Å²) in [6, 6.07) is 1.30. The number of anilines is 1. The van der Waals surface area contributed by atoms with E-state index in [2.05, 4.69) is 0 Å². The fourth-order valence-electron chi connectivity index (χ4n) is 0.819. The average Bonchev–Trinajstić information content (AvgIpc) is 2.01. The van der Waals surface area contributed by atoms with Crippen LogP contribution in [0.2, 0.25) is 15.1 Å². The van der Waals surface area contributed by atoms with Gasteiger partial charge in [0.1, 0.15) is 5.56 Å². The van der Waals surface area contributed by atoms with Gasteiger partial charge < -0.3 is 10.8 Å². The van der Waals surface area contributed by atoms with Crippen LogP contribution in [0.4, 0.5) is 5.69 Å². The van der Waals surface area contributed by atoms with Gasteiger partial charge in [-0.05, 0) is 6.07 Å². The topological polar surface area (TPSA) is 63.3 Å². The van der Waals surface area contributed by atoms with Crippen molar-refractivity contribution in [2.24, 2.45) is 0 Å². The number of carboxylic acid groups (broad SMARTS) is 1. The van der Waals surface area contributed by atoms with E-state index in [1.165, 1.54) is 6.07 Å². The lowest BCUT2D eigenvalue weighted by molar-refractivity contribution is 0.0698. The first-order valence-corrected chi connectivity index (χ1v) is 4.24. The molecule has 70 valence electrons. The van der Waals surface area contributed by atoms with Gasteiger partial charge in [-0.1, -0.05) is 34.8 Å². The molecule has 0 saturated heterocycles. The minimum absolute atomic E-state index is 0.0678. The Morgan fingerprint density at radius 3 is 2.31 bits per heavy atom. The van der Waals surface area contributed by atoms with Gasteiger partial charge in [-0.25, -0.2) is 4.79 Å². The SMILES string of the molecule is Nc1c(Cl)cc(Cl)c(Cl)c1C(=O)O. The van der Waals surface area contributed by atoms with Crippen LogP contribution in [0.15, 0.2) is 6.07 Å². The molecule has 0 aliphatic rings. The molecule has 1 aromatic rings. The zero-order valence-corrected chi connectivity index (χ0v) is 8.41. The lowest BCUT2D eigenvalue weighted by Gasteiger charge is -2.06. The van der Waals surface area contributed by atoms with Gasteiger partial charge in [-0.2, -0.15) is 0 Å². The second-order valence-corrected chi connectivity index (χ2v) is 3.44. The Hall–Kier alpha value is -0.640. The summed E-state index contributed by atoms with van der Waals surface area (Å²) in [5.74, 6) is -1.26. The number of benzene rings is 1. The van der Waals surface area contributed by atoms with Crippen molar-refractivity contribution in [3.05, 3.63) is 26.7 Å². The molecular formula is C7H4Cl3NO2. The first-order valence-electron chi connectivity index (χ1n) is 3.11. The summed E-state index contributed by atoms with van der Waals surface area (Å²) in [6.45, 7) is 0. The number of carboxylic acids is 1. The second-order valence-electron chi connectivity index (χ2n) is 2.25. The molecule has 3 nitrogen and oxygen atoms in total. The molecule has 13 heavy (non-hydrogen) atoms. The van der Waals surface area contributed by atoms with Gasteiger partial charge >= 0.3 is 5.97 Å². The highest BCUT2D eigenvalue weighted by Gasteiger charge is 2.18. The Morgan fingerprint density at radius 1 is 1.31 bits per heavy atom. The van der Waals surface area contributed by atoms with Gasteiger partial charge in [0, 0.05) is 0 Å². The predicted molar refractivity (Wildman–Crippen MR) is 52.8 cm³/mol. The molecule has 6 heteroatoms. The second kappa shape index (κ2) is 3.62. The first kappa shape index (κ1) is 10.4. The number of carbonyl (C=O) groups is 1. The molecule has 0 bridgehead atoms. The number of nitrogens with two attached hydrogens (primary N) is 1. The first-order chi connectivity index (χ1) is 5.95. The summed E-state index contributed by atoms with van der Waals surface area (Å²) in [6.07, 6.45) is 0. The summed E-state index contributed by atoms with van der Waals surface area (Å²) in [4.78, 5) is 10.7. The summed E-state index contributed by atoms with van der Waals surface area (Å²) < 4.78 is 0. The number of nitrogen functional groups attached to an aromatic ring is 1. The molecule has 0 saturated carbocycles. The highest BCUT2D eigenvalue weighted by atomic mass is 35.5. The molecule has 0 heterocycles. The maximum atomic E-state index is 10.7. The summed E-state index contributed by atoms with van der Waals surface area (Å²) in [5, 5.41) is 8.76. The number of halogens is 3. The third-order valence-electron chi connectivity index (χ3n) is 1.42. The quantitative estimate of drug-likeness (QED) is 0.586. The van der Waals surface area contributed by atoms with E-state index in [1.807, 2.05) is 0 Å². The molecule has 0 unspecified atom stereocenters. The Balaban J connectivity index is 3.56. The fourth-order valence-corrected chi connectivity index (χ4v) is 1.52. The van der Waals surface area contributed by atoms with Crippen molar-refractivity contribution < 1.29 is 9.90 Å². The molecule has 0 aliphatic heterocycles. The molecule has 0 atom stereocenters. The van der Waals surface area contributed by atoms with Gasteiger partial charge in [0.2, 0.25) is 0 Å². The minimum atomic E-state index is -1.26. The van der Waals surface area contributed by atoms with E-state index < -0.39 is 5.97 Å². The van der Waals surface area contributed by atoms with E-state index in [0.717, 1.165) is 0 Å². The molecule has 0 amide bonds. The van der Waals surface area contributed by atoms with Gasteiger partial charge in [-0.15, -0.1) is 0 Å². The minimum Gasteiger partial charge on any atom is -0.478 e. The number of aromatic carboxylic acids is 1. The Kier molecular flexibility index (Phi) is 2.91. The predicted octanol–water partition coefficient (Wildman–Crippen LogP) is 2.93. The third kappa shape index (κ3) is 1.82. The van der Waals surface area contributed by atoms with E-state index in [4.69, 9.17) is 45.6 Å². The normalized spacial score (nSPS) is 10.1. The van der Waals surface area contributed by atoms with Crippen LogP contribution in [0.1, 0.15) is 10.4 Å². The van der Waals surface area contributed by atoms with Crippen LogP contribution in [0.5, 0.6) is 0 Å². The fraction of sp³-hybridized carbons (Fsp3) is 0. The van der Waals surface area contributed by atoms with Gasteiger partial charge in [0.15, 0.2) is 0 Å². The van der Waals surface area contributed by atoms with Crippen LogP contribution in [0.3, 0.4) is 0 Å². The molecule has 0 spiro atoms. The van der Waals surface area contributed by atoms with Crippen molar-refractivity contribution in [2.75, 3.05) is 5.73 Å². The van der Waals surface area contributed by atoms with Gasteiger partial charge in [-0.3, -0.25) is 0 Å². The largest absolute Gasteiger partial charge is 0.478 e. The maximum Gasteiger partial charge on any atom is 0.339 e. The van der Waals surface area contributed by atoms with Crippen molar-refractivity contribution in [3.63, 3.8) is 0 Å².